The maximum Gasteiger partial charge on any atom is 0.256 e. The Balaban J connectivity index is 2.37. The Bertz CT molecular complexity index is 593. The highest BCUT2D eigenvalue weighted by molar-refractivity contribution is 6.33. The number of nitrogens with zero attached hydrogens (tertiary/aromatic N) is 1. The summed E-state index contributed by atoms with van der Waals surface area (Å²) in [6, 6.07) is 4.93. The van der Waals surface area contributed by atoms with Crippen LogP contribution in [0.1, 0.15) is 18.9 Å². The highest BCUT2D eigenvalue weighted by Gasteiger charge is 2.32. The first-order valence-corrected chi connectivity index (χ1v) is 7.62. The predicted octanol–water partition coefficient (Wildman–Crippen LogP) is 4.18. The average Bonchev–Trinajstić information content (AvgIpc) is 2.45. The molecule has 1 atom stereocenters. The van der Waals surface area contributed by atoms with Gasteiger partial charge in [0.25, 0.3) is 6.43 Å². The lowest BCUT2D eigenvalue weighted by Gasteiger charge is -2.31. The van der Waals surface area contributed by atoms with E-state index >= 15 is 0 Å². The molecule has 0 saturated carbocycles. The summed E-state index contributed by atoms with van der Waals surface area (Å²) in [6.45, 7) is 1.62. The molecule has 1 aromatic carbocycles. The molecule has 0 radical (unpaired) electrons. The number of amides is 1. The summed E-state index contributed by atoms with van der Waals surface area (Å²) in [5.41, 5.74) is 0.859. The van der Waals surface area contributed by atoms with Crippen molar-refractivity contribution in [2.45, 2.75) is 25.1 Å². The smallest absolute Gasteiger partial charge is 0.256 e. The maximum absolute atomic E-state index is 12.8. The Morgan fingerprint density at radius 1 is 1.45 bits per heavy atom. The molecule has 0 aliphatic carbocycles. The Kier molecular flexibility index (Phi) is 5.64. The second kappa shape index (κ2) is 7.29. The van der Waals surface area contributed by atoms with Crippen molar-refractivity contribution in [2.24, 2.45) is 0 Å². The van der Waals surface area contributed by atoms with Gasteiger partial charge < -0.3 is 9.64 Å². The SMILES string of the molecule is CCOc1ccc(C2=CCC(Cl)C(=O)N2CC(F)F)c(Cl)c1. The van der Waals surface area contributed by atoms with Gasteiger partial charge in [0.2, 0.25) is 5.91 Å². The van der Waals surface area contributed by atoms with Gasteiger partial charge in [-0.15, -0.1) is 11.6 Å². The van der Waals surface area contributed by atoms with Crippen LogP contribution in [0.5, 0.6) is 5.75 Å². The van der Waals surface area contributed by atoms with Crippen molar-refractivity contribution < 1.29 is 18.3 Å². The number of allylic oxidation sites excluding steroid dienone is 1. The molecule has 1 aliphatic rings. The van der Waals surface area contributed by atoms with E-state index in [4.69, 9.17) is 27.9 Å². The summed E-state index contributed by atoms with van der Waals surface area (Å²) >= 11 is 12.1. The summed E-state index contributed by atoms with van der Waals surface area (Å²) < 4.78 is 30.8. The molecule has 0 aromatic heterocycles. The zero-order chi connectivity index (χ0) is 16.3. The number of rotatable bonds is 5. The van der Waals surface area contributed by atoms with E-state index in [0.717, 1.165) is 4.90 Å². The van der Waals surface area contributed by atoms with E-state index in [9.17, 15) is 13.6 Å². The van der Waals surface area contributed by atoms with E-state index in [2.05, 4.69) is 0 Å². The Labute approximate surface area is 137 Å². The normalized spacial score (nSPS) is 18.6. The molecule has 0 fully saturated rings. The van der Waals surface area contributed by atoms with Gasteiger partial charge in [0, 0.05) is 11.3 Å². The van der Waals surface area contributed by atoms with Crippen molar-refractivity contribution in [3.05, 3.63) is 34.9 Å². The van der Waals surface area contributed by atoms with Gasteiger partial charge in [-0.2, -0.15) is 0 Å². The van der Waals surface area contributed by atoms with Crippen LogP contribution in [0.25, 0.3) is 5.70 Å². The predicted molar refractivity (Wildman–Crippen MR) is 82.6 cm³/mol. The summed E-state index contributed by atoms with van der Waals surface area (Å²) in [4.78, 5) is 13.1. The first-order chi connectivity index (χ1) is 10.4. The van der Waals surface area contributed by atoms with Crippen molar-refractivity contribution in [3.63, 3.8) is 0 Å². The molecule has 0 bridgehead atoms. The van der Waals surface area contributed by atoms with E-state index in [-0.39, 0.29) is 6.42 Å². The Morgan fingerprint density at radius 3 is 2.77 bits per heavy atom. The van der Waals surface area contributed by atoms with Gasteiger partial charge in [-0.25, -0.2) is 8.78 Å². The third-order valence-electron chi connectivity index (χ3n) is 3.19. The highest BCUT2D eigenvalue weighted by atomic mass is 35.5. The molecule has 0 spiro atoms. The maximum atomic E-state index is 12.8. The fraction of sp³-hybridized carbons (Fsp3) is 0.400. The standard InChI is InChI=1S/C15H15Cl2F2NO2/c1-2-22-9-3-4-10(12(17)7-9)13-6-5-11(16)15(21)20(13)8-14(18)19/h3-4,6-7,11,14H,2,5,8H2,1H3. The van der Waals surface area contributed by atoms with E-state index in [1.807, 2.05) is 6.92 Å². The van der Waals surface area contributed by atoms with Crippen molar-refractivity contribution in [1.29, 1.82) is 0 Å². The van der Waals surface area contributed by atoms with Gasteiger partial charge in [-0.05, 0) is 31.5 Å². The van der Waals surface area contributed by atoms with Crippen LogP contribution >= 0.6 is 23.2 Å². The number of halogens is 4. The molecule has 1 aromatic rings. The molecule has 7 heteroatoms. The molecular weight excluding hydrogens is 335 g/mol. The molecule has 1 heterocycles. The van der Waals surface area contributed by atoms with E-state index in [1.165, 1.54) is 0 Å². The molecule has 1 unspecified atom stereocenters. The van der Waals surface area contributed by atoms with Crippen LogP contribution in [0.15, 0.2) is 24.3 Å². The number of carbonyl (C=O) groups excluding carboxylic acids is 1. The molecule has 0 saturated heterocycles. The summed E-state index contributed by atoms with van der Waals surface area (Å²) in [5, 5.41) is -0.499. The number of hydrogen-bond acceptors (Lipinski definition) is 2. The number of alkyl halides is 3. The minimum Gasteiger partial charge on any atom is -0.494 e. The van der Waals surface area contributed by atoms with Gasteiger partial charge in [-0.3, -0.25) is 4.79 Å². The summed E-state index contributed by atoms with van der Waals surface area (Å²) in [6.07, 6.45) is -0.724. The molecule has 2 rings (SSSR count). The zero-order valence-corrected chi connectivity index (χ0v) is 13.4. The third-order valence-corrected chi connectivity index (χ3v) is 3.87. The second-order valence-corrected chi connectivity index (χ2v) is 5.64. The molecule has 1 aliphatic heterocycles. The van der Waals surface area contributed by atoms with E-state index in [0.29, 0.717) is 28.6 Å². The van der Waals surface area contributed by atoms with Crippen molar-refractivity contribution in [3.8, 4) is 5.75 Å². The topological polar surface area (TPSA) is 29.5 Å². The first-order valence-electron chi connectivity index (χ1n) is 6.80. The van der Waals surface area contributed by atoms with Crippen LogP contribution in [-0.4, -0.2) is 35.8 Å². The molecular formula is C15H15Cl2F2NO2. The fourth-order valence-corrected chi connectivity index (χ4v) is 2.73. The Morgan fingerprint density at radius 2 is 2.18 bits per heavy atom. The molecule has 1 amide bonds. The van der Waals surface area contributed by atoms with Crippen LogP contribution < -0.4 is 4.74 Å². The van der Waals surface area contributed by atoms with Gasteiger partial charge in [0.1, 0.15) is 11.1 Å². The van der Waals surface area contributed by atoms with E-state index in [1.54, 1.807) is 24.3 Å². The van der Waals surface area contributed by atoms with Crippen LogP contribution in [0.4, 0.5) is 8.78 Å². The van der Waals surface area contributed by atoms with Gasteiger partial charge in [0.05, 0.1) is 18.2 Å². The quantitative estimate of drug-likeness (QED) is 0.746. The van der Waals surface area contributed by atoms with Crippen LogP contribution in [0, 0.1) is 0 Å². The lowest BCUT2D eigenvalue weighted by Crippen LogP contribution is -2.41. The van der Waals surface area contributed by atoms with Crippen molar-refractivity contribution in [1.82, 2.24) is 4.90 Å². The molecule has 120 valence electrons. The lowest BCUT2D eigenvalue weighted by atomic mass is 10.0. The lowest BCUT2D eigenvalue weighted by molar-refractivity contribution is -0.129. The molecule has 22 heavy (non-hydrogen) atoms. The number of ether oxygens (including phenoxy) is 1. The number of benzene rings is 1. The fourth-order valence-electron chi connectivity index (χ4n) is 2.26. The van der Waals surface area contributed by atoms with E-state index < -0.39 is 24.3 Å². The molecule has 3 nitrogen and oxygen atoms in total. The van der Waals surface area contributed by atoms with Crippen LogP contribution in [0.3, 0.4) is 0 Å². The van der Waals surface area contributed by atoms with Gasteiger partial charge in [-0.1, -0.05) is 17.7 Å². The second-order valence-electron chi connectivity index (χ2n) is 4.71. The van der Waals surface area contributed by atoms with Gasteiger partial charge >= 0.3 is 0 Å². The zero-order valence-electron chi connectivity index (χ0n) is 11.9. The third kappa shape index (κ3) is 3.70. The number of carbonyl (C=O) groups is 1. The highest BCUT2D eigenvalue weighted by Crippen LogP contribution is 2.34. The summed E-state index contributed by atoms with van der Waals surface area (Å²) in [5.74, 6) is 0.0408. The summed E-state index contributed by atoms with van der Waals surface area (Å²) in [7, 11) is 0. The van der Waals surface area contributed by atoms with Gasteiger partial charge in [0.15, 0.2) is 0 Å². The molecule has 0 N–H and O–H groups in total. The van der Waals surface area contributed by atoms with Crippen LogP contribution in [0.2, 0.25) is 5.02 Å². The van der Waals surface area contributed by atoms with Crippen molar-refractivity contribution in [2.75, 3.05) is 13.2 Å². The minimum atomic E-state index is -2.66. The van der Waals surface area contributed by atoms with Crippen LogP contribution in [-0.2, 0) is 4.79 Å². The average molecular weight is 350 g/mol. The monoisotopic (exact) mass is 349 g/mol. The first kappa shape index (κ1) is 17.0. The Hall–Kier alpha value is -1.33. The minimum absolute atomic E-state index is 0.277. The largest absolute Gasteiger partial charge is 0.494 e. The van der Waals surface area contributed by atoms with Crippen molar-refractivity contribution >= 4 is 34.8 Å². The number of hydrogen-bond donors (Lipinski definition) is 0.